The Morgan fingerprint density at radius 1 is 1.38 bits per heavy atom. The molecule has 0 N–H and O–H groups in total. The smallest absolute Gasteiger partial charge is 0.401 e. The standard InChI is InChI=1S/C10H16F3NO2/c1-4-14(7-10(11,12)13)6-8(3)9(15)16-5-2/h3-7H2,1-2H3. The van der Waals surface area contributed by atoms with E-state index in [0.29, 0.717) is 0 Å². The number of nitrogens with zero attached hydrogens (tertiary/aromatic N) is 1. The number of esters is 1. The largest absolute Gasteiger partial charge is 0.463 e. The van der Waals surface area contributed by atoms with Gasteiger partial charge in [-0.05, 0) is 13.5 Å². The van der Waals surface area contributed by atoms with Crippen molar-refractivity contribution in [3.63, 3.8) is 0 Å². The van der Waals surface area contributed by atoms with Gasteiger partial charge in [0.1, 0.15) is 0 Å². The molecule has 0 aromatic carbocycles. The van der Waals surface area contributed by atoms with Gasteiger partial charge in [0.15, 0.2) is 0 Å². The zero-order chi connectivity index (χ0) is 12.8. The van der Waals surface area contributed by atoms with Crippen LogP contribution in [-0.2, 0) is 9.53 Å². The van der Waals surface area contributed by atoms with E-state index in [-0.39, 0.29) is 25.3 Å². The van der Waals surface area contributed by atoms with Crippen LogP contribution in [0, 0.1) is 0 Å². The van der Waals surface area contributed by atoms with Crippen molar-refractivity contribution in [3.8, 4) is 0 Å². The van der Waals surface area contributed by atoms with E-state index in [4.69, 9.17) is 0 Å². The molecule has 0 saturated carbocycles. The molecule has 0 amide bonds. The highest BCUT2D eigenvalue weighted by Gasteiger charge is 2.30. The average Bonchev–Trinajstić information content (AvgIpc) is 2.14. The number of alkyl halides is 3. The van der Waals surface area contributed by atoms with E-state index in [2.05, 4.69) is 11.3 Å². The first kappa shape index (κ1) is 15.0. The number of hydrogen-bond donors (Lipinski definition) is 0. The lowest BCUT2D eigenvalue weighted by Crippen LogP contribution is -2.36. The molecule has 6 heteroatoms. The number of hydrogen-bond acceptors (Lipinski definition) is 3. The molecular formula is C10H16F3NO2. The van der Waals surface area contributed by atoms with Gasteiger partial charge in [-0.2, -0.15) is 13.2 Å². The van der Waals surface area contributed by atoms with Gasteiger partial charge in [-0.25, -0.2) is 4.79 Å². The molecule has 0 heterocycles. The van der Waals surface area contributed by atoms with E-state index < -0.39 is 18.7 Å². The summed E-state index contributed by atoms with van der Waals surface area (Å²) >= 11 is 0. The molecule has 0 aliphatic carbocycles. The SMILES string of the molecule is C=C(CN(CC)CC(F)(F)F)C(=O)OCC. The lowest BCUT2D eigenvalue weighted by molar-refractivity contribution is -0.147. The van der Waals surface area contributed by atoms with Crippen LogP contribution in [0.15, 0.2) is 12.2 Å². The summed E-state index contributed by atoms with van der Waals surface area (Å²) in [5, 5.41) is 0. The fraction of sp³-hybridized carbons (Fsp3) is 0.700. The summed E-state index contributed by atoms with van der Waals surface area (Å²) in [5.74, 6) is -0.650. The van der Waals surface area contributed by atoms with E-state index in [1.165, 1.54) is 0 Å². The molecule has 0 aromatic heterocycles. The van der Waals surface area contributed by atoms with Gasteiger partial charge in [0.2, 0.25) is 0 Å². The van der Waals surface area contributed by atoms with E-state index >= 15 is 0 Å². The van der Waals surface area contributed by atoms with Gasteiger partial charge < -0.3 is 4.74 Å². The fourth-order valence-electron chi connectivity index (χ4n) is 1.10. The number of carbonyl (C=O) groups is 1. The molecule has 0 aromatic rings. The summed E-state index contributed by atoms with van der Waals surface area (Å²) in [5.41, 5.74) is 0.0351. The van der Waals surface area contributed by atoms with Gasteiger partial charge in [-0.15, -0.1) is 0 Å². The number of ether oxygens (including phenoxy) is 1. The molecule has 0 radical (unpaired) electrons. The van der Waals surface area contributed by atoms with Crippen molar-refractivity contribution >= 4 is 5.97 Å². The van der Waals surface area contributed by atoms with Crippen LogP contribution in [0.1, 0.15) is 13.8 Å². The lowest BCUT2D eigenvalue weighted by atomic mass is 10.3. The van der Waals surface area contributed by atoms with Crippen molar-refractivity contribution in [2.45, 2.75) is 20.0 Å². The van der Waals surface area contributed by atoms with Crippen molar-refractivity contribution in [1.29, 1.82) is 0 Å². The Labute approximate surface area is 92.9 Å². The van der Waals surface area contributed by atoms with Crippen molar-refractivity contribution < 1.29 is 22.7 Å². The van der Waals surface area contributed by atoms with E-state index in [9.17, 15) is 18.0 Å². The third kappa shape index (κ3) is 6.44. The molecule has 0 fully saturated rings. The summed E-state index contributed by atoms with van der Waals surface area (Å²) in [6, 6.07) is 0. The molecule has 0 saturated heterocycles. The Hall–Kier alpha value is -1.04. The molecule has 0 spiro atoms. The average molecular weight is 239 g/mol. The minimum Gasteiger partial charge on any atom is -0.463 e. The molecule has 0 unspecified atom stereocenters. The summed E-state index contributed by atoms with van der Waals surface area (Å²) in [4.78, 5) is 12.2. The topological polar surface area (TPSA) is 29.5 Å². The minimum atomic E-state index is -4.27. The van der Waals surface area contributed by atoms with Crippen LogP contribution in [0.2, 0.25) is 0 Å². The molecule has 0 atom stereocenters. The first-order chi connectivity index (χ1) is 7.30. The molecule has 94 valence electrons. The molecular weight excluding hydrogens is 223 g/mol. The second kappa shape index (κ2) is 6.52. The normalized spacial score (nSPS) is 11.6. The summed E-state index contributed by atoms with van der Waals surface area (Å²) < 4.78 is 40.9. The predicted octanol–water partition coefficient (Wildman–Crippen LogP) is 1.99. The first-order valence-electron chi connectivity index (χ1n) is 4.94. The van der Waals surface area contributed by atoms with Crippen molar-refractivity contribution in [2.24, 2.45) is 0 Å². The van der Waals surface area contributed by atoms with Gasteiger partial charge in [0.25, 0.3) is 0 Å². The van der Waals surface area contributed by atoms with Crippen LogP contribution >= 0.6 is 0 Å². The molecule has 0 aliphatic heterocycles. The second-order valence-corrected chi connectivity index (χ2v) is 3.24. The maximum Gasteiger partial charge on any atom is 0.401 e. The minimum absolute atomic E-state index is 0.0351. The number of rotatable bonds is 6. The predicted molar refractivity (Wildman–Crippen MR) is 53.9 cm³/mol. The highest BCUT2D eigenvalue weighted by atomic mass is 19.4. The fourth-order valence-corrected chi connectivity index (χ4v) is 1.10. The third-order valence-electron chi connectivity index (χ3n) is 1.83. The van der Waals surface area contributed by atoms with E-state index in [0.717, 1.165) is 4.90 Å². The van der Waals surface area contributed by atoms with Crippen molar-refractivity contribution in [1.82, 2.24) is 4.90 Å². The molecule has 0 aliphatic rings. The van der Waals surface area contributed by atoms with Crippen LogP contribution in [0.5, 0.6) is 0 Å². The third-order valence-corrected chi connectivity index (χ3v) is 1.83. The summed E-state index contributed by atoms with van der Waals surface area (Å²) in [6.45, 7) is 5.81. The molecule has 16 heavy (non-hydrogen) atoms. The van der Waals surface area contributed by atoms with Gasteiger partial charge in [-0.3, -0.25) is 4.90 Å². The van der Waals surface area contributed by atoms with Crippen LogP contribution in [-0.4, -0.2) is 43.3 Å². The van der Waals surface area contributed by atoms with Gasteiger partial charge in [0, 0.05) is 12.1 Å². The lowest BCUT2D eigenvalue weighted by Gasteiger charge is -2.22. The summed E-state index contributed by atoms with van der Waals surface area (Å²) in [7, 11) is 0. The van der Waals surface area contributed by atoms with Crippen LogP contribution in [0.25, 0.3) is 0 Å². The highest BCUT2D eigenvalue weighted by Crippen LogP contribution is 2.16. The Bertz CT molecular complexity index is 251. The number of carbonyl (C=O) groups excluding carboxylic acids is 1. The number of halogens is 3. The second-order valence-electron chi connectivity index (χ2n) is 3.24. The van der Waals surface area contributed by atoms with E-state index in [1.807, 2.05) is 0 Å². The Kier molecular flexibility index (Phi) is 6.10. The summed E-state index contributed by atoms with van der Waals surface area (Å²) in [6.07, 6.45) is -4.27. The van der Waals surface area contributed by atoms with Crippen LogP contribution in [0.4, 0.5) is 13.2 Å². The van der Waals surface area contributed by atoms with Crippen molar-refractivity contribution in [3.05, 3.63) is 12.2 Å². The maximum atomic E-state index is 12.1. The van der Waals surface area contributed by atoms with Crippen LogP contribution < -0.4 is 0 Å². The van der Waals surface area contributed by atoms with Gasteiger partial charge >= 0.3 is 12.1 Å². The van der Waals surface area contributed by atoms with Crippen molar-refractivity contribution in [2.75, 3.05) is 26.2 Å². The van der Waals surface area contributed by atoms with Gasteiger partial charge in [0.05, 0.1) is 13.2 Å². The zero-order valence-electron chi connectivity index (χ0n) is 9.43. The van der Waals surface area contributed by atoms with Gasteiger partial charge in [-0.1, -0.05) is 13.5 Å². The molecule has 3 nitrogen and oxygen atoms in total. The van der Waals surface area contributed by atoms with Crippen LogP contribution in [0.3, 0.4) is 0 Å². The van der Waals surface area contributed by atoms with E-state index in [1.54, 1.807) is 13.8 Å². The zero-order valence-corrected chi connectivity index (χ0v) is 9.43. The Morgan fingerprint density at radius 3 is 2.31 bits per heavy atom. The first-order valence-corrected chi connectivity index (χ1v) is 4.94. The Morgan fingerprint density at radius 2 is 1.94 bits per heavy atom. The maximum absolute atomic E-state index is 12.1. The quantitative estimate of drug-likeness (QED) is 0.524. The Balaban J connectivity index is 4.22. The monoisotopic (exact) mass is 239 g/mol. The highest BCUT2D eigenvalue weighted by molar-refractivity contribution is 5.88. The number of likely N-dealkylation sites (N-methyl/N-ethyl adjacent to an activating group) is 1. The molecule has 0 rings (SSSR count). The molecule has 0 bridgehead atoms.